The summed E-state index contributed by atoms with van der Waals surface area (Å²) in [6.07, 6.45) is 0. The normalized spacial score (nSPS) is 11.0. The Hall–Kier alpha value is -2.75. The molecule has 0 saturated carbocycles. The standard InChI is InChI=1S/C18H20N2O6S/c1-25-11-10-19-27(23,24)16-8-6-15(7-9-16)20-17(21)13-4-3-5-14(12-13)18(22)26-2/h3-9,12,19H,10-11H2,1-2H3,(H,20,21). The monoisotopic (exact) mass is 392 g/mol. The molecule has 0 unspecified atom stereocenters. The molecule has 0 saturated heterocycles. The highest BCUT2D eigenvalue weighted by molar-refractivity contribution is 7.89. The molecule has 0 heterocycles. The molecule has 0 bridgehead atoms. The molecule has 0 radical (unpaired) electrons. The average molecular weight is 392 g/mol. The first kappa shape index (κ1) is 20.6. The summed E-state index contributed by atoms with van der Waals surface area (Å²) in [5.41, 5.74) is 0.948. The van der Waals surface area contributed by atoms with E-state index in [-0.39, 0.29) is 29.2 Å². The van der Waals surface area contributed by atoms with E-state index in [0.717, 1.165) is 0 Å². The number of esters is 1. The maximum absolute atomic E-state index is 12.3. The molecule has 8 nitrogen and oxygen atoms in total. The summed E-state index contributed by atoms with van der Waals surface area (Å²) >= 11 is 0. The van der Waals surface area contributed by atoms with Gasteiger partial charge in [0.2, 0.25) is 10.0 Å². The lowest BCUT2D eigenvalue weighted by Gasteiger charge is -2.09. The summed E-state index contributed by atoms with van der Waals surface area (Å²) in [6, 6.07) is 11.8. The molecule has 0 atom stereocenters. The summed E-state index contributed by atoms with van der Waals surface area (Å²) < 4.78 is 36.0. The number of nitrogens with one attached hydrogen (secondary N) is 2. The van der Waals surface area contributed by atoms with Crippen molar-refractivity contribution >= 4 is 27.6 Å². The van der Waals surface area contributed by atoms with Gasteiger partial charge in [-0.2, -0.15) is 0 Å². The summed E-state index contributed by atoms with van der Waals surface area (Å²) in [5, 5.41) is 2.65. The first-order valence-corrected chi connectivity index (χ1v) is 9.44. The maximum atomic E-state index is 12.3. The molecule has 0 aliphatic rings. The van der Waals surface area contributed by atoms with Crippen molar-refractivity contribution in [3.63, 3.8) is 0 Å². The first-order valence-electron chi connectivity index (χ1n) is 7.96. The second-order valence-corrected chi connectivity index (χ2v) is 7.21. The van der Waals surface area contributed by atoms with Crippen LogP contribution >= 0.6 is 0 Å². The van der Waals surface area contributed by atoms with Crippen LogP contribution in [0.25, 0.3) is 0 Å². The predicted molar refractivity (Wildman–Crippen MR) is 99.2 cm³/mol. The van der Waals surface area contributed by atoms with Crippen LogP contribution in [0.15, 0.2) is 53.4 Å². The van der Waals surface area contributed by atoms with Crippen molar-refractivity contribution in [2.24, 2.45) is 0 Å². The van der Waals surface area contributed by atoms with Gasteiger partial charge < -0.3 is 14.8 Å². The highest BCUT2D eigenvalue weighted by atomic mass is 32.2. The Kier molecular flexibility index (Phi) is 7.05. The van der Waals surface area contributed by atoms with Crippen LogP contribution in [-0.4, -0.2) is 47.7 Å². The van der Waals surface area contributed by atoms with Gasteiger partial charge in [0.25, 0.3) is 5.91 Å². The van der Waals surface area contributed by atoms with E-state index >= 15 is 0 Å². The Balaban J connectivity index is 2.08. The Morgan fingerprint density at radius 2 is 1.67 bits per heavy atom. The van der Waals surface area contributed by atoms with E-state index in [1.165, 1.54) is 44.6 Å². The van der Waals surface area contributed by atoms with Gasteiger partial charge in [0.15, 0.2) is 0 Å². The van der Waals surface area contributed by atoms with Gasteiger partial charge in [0, 0.05) is 24.9 Å². The third kappa shape index (κ3) is 5.61. The van der Waals surface area contributed by atoms with E-state index in [2.05, 4.69) is 14.8 Å². The second-order valence-electron chi connectivity index (χ2n) is 5.44. The molecule has 0 aliphatic carbocycles. The van der Waals surface area contributed by atoms with Gasteiger partial charge >= 0.3 is 5.97 Å². The van der Waals surface area contributed by atoms with Gasteiger partial charge in [-0.1, -0.05) is 6.07 Å². The number of hydrogen-bond donors (Lipinski definition) is 2. The van der Waals surface area contributed by atoms with Crippen LogP contribution in [0, 0.1) is 0 Å². The van der Waals surface area contributed by atoms with Crippen LogP contribution in [0.1, 0.15) is 20.7 Å². The average Bonchev–Trinajstić information content (AvgIpc) is 2.68. The molecular formula is C18H20N2O6S. The maximum Gasteiger partial charge on any atom is 0.337 e. The predicted octanol–water partition coefficient (Wildman–Crippen LogP) is 1.65. The molecular weight excluding hydrogens is 372 g/mol. The number of carbonyl (C=O) groups excluding carboxylic acids is 2. The van der Waals surface area contributed by atoms with Crippen LogP contribution in [0.3, 0.4) is 0 Å². The molecule has 9 heteroatoms. The van der Waals surface area contributed by atoms with E-state index in [9.17, 15) is 18.0 Å². The van der Waals surface area contributed by atoms with E-state index in [1.807, 2.05) is 0 Å². The number of anilines is 1. The Labute approximate surface area is 157 Å². The molecule has 0 aliphatic heterocycles. The molecule has 0 fully saturated rings. The summed E-state index contributed by atoms with van der Waals surface area (Å²) in [4.78, 5) is 23.9. The minimum Gasteiger partial charge on any atom is -0.465 e. The van der Waals surface area contributed by atoms with E-state index < -0.39 is 21.9 Å². The largest absolute Gasteiger partial charge is 0.465 e. The topological polar surface area (TPSA) is 111 Å². The summed E-state index contributed by atoms with van der Waals surface area (Å²) in [7, 11) is -0.905. The third-order valence-electron chi connectivity index (χ3n) is 3.57. The van der Waals surface area contributed by atoms with Crippen LogP contribution in [0.4, 0.5) is 5.69 Å². The number of hydrogen-bond acceptors (Lipinski definition) is 6. The van der Waals surface area contributed by atoms with E-state index in [0.29, 0.717) is 5.69 Å². The number of benzene rings is 2. The van der Waals surface area contributed by atoms with Crippen molar-refractivity contribution in [2.75, 3.05) is 32.7 Å². The molecule has 1 amide bonds. The van der Waals surface area contributed by atoms with Crippen LogP contribution < -0.4 is 10.0 Å². The van der Waals surface area contributed by atoms with Crippen molar-refractivity contribution in [3.8, 4) is 0 Å². The van der Waals surface area contributed by atoms with Crippen molar-refractivity contribution in [1.82, 2.24) is 4.72 Å². The summed E-state index contributed by atoms with van der Waals surface area (Å²) in [5.74, 6) is -0.977. The number of sulfonamides is 1. The van der Waals surface area contributed by atoms with Crippen molar-refractivity contribution in [1.29, 1.82) is 0 Å². The number of rotatable bonds is 8. The van der Waals surface area contributed by atoms with Gasteiger partial charge in [0.05, 0.1) is 24.2 Å². The third-order valence-corrected chi connectivity index (χ3v) is 5.04. The van der Waals surface area contributed by atoms with Crippen LogP contribution in [0.2, 0.25) is 0 Å². The smallest absolute Gasteiger partial charge is 0.337 e. The number of methoxy groups -OCH3 is 2. The Bertz CT molecular complexity index is 910. The molecule has 2 N–H and O–H groups in total. The second kappa shape index (κ2) is 9.26. The fourth-order valence-corrected chi connectivity index (χ4v) is 3.20. The van der Waals surface area contributed by atoms with Crippen molar-refractivity contribution < 1.29 is 27.5 Å². The van der Waals surface area contributed by atoms with Crippen LogP contribution in [-0.2, 0) is 19.5 Å². The number of carbonyl (C=O) groups is 2. The highest BCUT2D eigenvalue weighted by Crippen LogP contribution is 2.15. The van der Waals surface area contributed by atoms with Gasteiger partial charge in [-0.05, 0) is 42.5 Å². The lowest BCUT2D eigenvalue weighted by molar-refractivity contribution is 0.0600. The fourth-order valence-electron chi connectivity index (χ4n) is 2.19. The van der Waals surface area contributed by atoms with Crippen LogP contribution in [0.5, 0.6) is 0 Å². The molecule has 144 valence electrons. The lowest BCUT2D eigenvalue weighted by Crippen LogP contribution is -2.27. The molecule has 2 rings (SSSR count). The summed E-state index contributed by atoms with van der Waals surface area (Å²) in [6.45, 7) is 0.422. The quantitative estimate of drug-likeness (QED) is 0.522. The first-order chi connectivity index (χ1) is 12.9. The zero-order valence-corrected chi connectivity index (χ0v) is 15.7. The highest BCUT2D eigenvalue weighted by Gasteiger charge is 2.14. The molecule has 0 spiro atoms. The van der Waals surface area contributed by atoms with Gasteiger partial charge in [-0.3, -0.25) is 4.79 Å². The minimum absolute atomic E-state index is 0.0734. The zero-order valence-electron chi connectivity index (χ0n) is 14.9. The fraction of sp³-hybridized carbons (Fsp3) is 0.222. The Morgan fingerprint density at radius 3 is 2.30 bits per heavy atom. The molecule has 2 aromatic carbocycles. The SMILES string of the molecule is COCCNS(=O)(=O)c1ccc(NC(=O)c2cccc(C(=O)OC)c2)cc1. The van der Waals surface area contributed by atoms with Gasteiger partial charge in [-0.15, -0.1) is 0 Å². The lowest BCUT2D eigenvalue weighted by atomic mass is 10.1. The number of ether oxygens (including phenoxy) is 2. The van der Waals surface area contributed by atoms with Crippen molar-refractivity contribution in [2.45, 2.75) is 4.90 Å². The van der Waals surface area contributed by atoms with Crippen molar-refractivity contribution in [3.05, 3.63) is 59.7 Å². The zero-order chi connectivity index (χ0) is 19.9. The molecule has 27 heavy (non-hydrogen) atoms. The van der Waals surface area contributed by atoms with E-state index in [4.69, 9.17) is 4.74 Å². The Morgan fingerprint density at radius 1 is 1.00 bits per heavy atom. The van der Waals surface area contributed by atoms with E-state index in [1.54, 1.807) is 18.2 Å². The molecule has 0 aromatic heterocycles. The number of amides is 1. The molecule has 2 aromatic rings. The minimum atomic E-state index is -3.64. The van der Waals surface area contributed by atoms with Gasteiger partial charge in [0.1, 0.15) is 0 Å². The van der Waals surface area contributed by atoms with Gasteiger partial charge in [-0.25, -0.2) is 17.9 Å².